The SMILES string of the molecule is Cc1ccccc1C1CC1C(=O)NCCC1CCNC1.Cl. The maximum absolute atomic E-state index is 12.1. The van der Waals surface area contributed by atoms with Gasteiger partial charge in [0.15, 0.2) is 0 Å². The second-order valence-corrected chi connectivity index (χ2v) is 6.24. The molecule has 1 aliphatic heterocycles. The summed E-state index contributed by atoms with van der Waals surface area (Å²) in [5, 5.41) is 6.49. The minimum Gasteiger partial charge on any atom is -0.356 e. The normalized spacial score (nSPS) is 27.0. The molecule has 0 aromatic heterocycles. The van der Waals surface area contributed by atoms with Gasteiger partial charge in [0.25, 0.3) is 0 Å². The van der Waals surface area contributed by atoms with Crippen LogP contribution in [-0.4, -0.2) is 25.5 Å². The quantitative estimate of drug-likeness (QED) is 0.878. The summed E-state index contributed by atoms with van der Waals surface area (Å²) < 4.78 is 0. The van der Waals surface area contributed by atoms with Gasteiger partial charge in [-0.25, -0.2) is 0 Å². The van der Waals surface area contributed by atoms with Crippen LogP contribution in [0.5, 0.6) is 0 Å². The van der Waals surface area contributed by atoms with E-state index in [2.05, 4.69) is 41.8 Å². The summed E-state index contributed by atoms with van der Waals surface area (Å²) in [4.78, 5) is 12.1. The van der Waals surface area contributed by atoms with Crippen LogP contribution in [-0.2, 0) is 4.79 Å². The minimum absolute atomic E-state index is 0. The van der Waals surface area contributed by atoms with Gasteiger partial charge in [-0.2, -0.15) is 0 Å². The lowest BCUT2D eigenvalue weighted by atomic mass is 10.0. The van der Waals surface area contributed by atoms with Crippen molar-refractivity contribution in [2.45, 2.75) is 32.1 Å². The summed E-state index contributed by atoms with van der Waals surface area (Å²) in [7, 11) is 0. The van der Waals surface area contributed by atoms with Gasteiger partial charge in [-0.1, -0.05) is 24.3 Å². The van der Waals surface area contributed by atoms with Gasteiger partial charge in [0, 0.05) is 12.5 Å². The number of halogens is 1. The van der Waals surface area contributed by atoms with E-state index in [1.54, 1.807) is 0 Å². The zero-order valence-corrected chi connectivity index (χ0v) is 13.4. The van der Waals surface area contributed by atoms with E-state index in [4.69, 9.17) is 0 Å². The third kappa shape index (κ3) is 3.98. The van der Waals surface area contributed by atoms with E-state index in [1.807, 2.05) is 0 Å². The third-order valence-corrected chi connectivity index (χ3v) is 4.73. The number of carbonyl (C=O) groups excluding carboxylic acids is 1. The van der Waals surface area contributed by atoms with Crippen LogP contribution in [0.2, 0.25) is 0 Å². The van der Waals surface area contributed by atoms with Crippen LogP contribution in [0, 0.1) is 18.8 Å². The van der Waals surface area contributed by atoms with E-state index in [9.17, 15) is 4.79 Å². The Labute approximate surface area is 133 Å². The number of nitrogens with one attached hydrogen (secondary N) is 2. The van der Waals surface area contributed by atoms with Gasteiger partial charge in [-0.05, 0) is 62.2 Å². The Kier molecular flexibility index (Phi) is 5.65. The number of rotatable bonds is 5. The molecule has 4 heteroatoms. The molecule has 1 aromatic rings. The number of amides is 1. The summed E-state index contributed by atoms with van der Waals surface area (Å²) in [6.45, 7) is 5.22. The molecule has 2 fully saturated rings. The monoisotopic (exact) mass is 308 g/mol. The van der Waals surface area contributed by atoms with Gasteiger partial charge >= 0.3 is 0 Å². The van der Waals surface area contributed by atoms with E-state index < -0.39 is 0 Å². The molecule has 2 N–H and O–H groups in total. The molecule has 3 unspecified atom stereocenters. The lowest BCUT2D eigenvalue weighted by Crippen LogP contribution is -2.28. The summed E-state index contributed by atoms with van der Waals surface area (Å²) in [5.41, 5.74) is 2.66. The molecule has 1 saturated heterocycles. The molecule has 2 aliphatic rings. The topological polar surface area (TPSA) is 41.1 Å². The highest BCUT2D eigenvalue weighted by atomic mass is 35.5. The van der Waals surface area contributed by atoms with Gasteiger partial charge in [0.2, 0.25) is 5.91 Å². The Morgan fingerprint density at radius 1 is 1.38 bits per heavy atom. The highest BCUT2D eigenvalue weighted by molar-refractivity contribution is 5.85. The molecule has 3 atom stereocenters. The number of benzene rings is 1. The van der Waals surface area contributed by atoms with E-state index >= 15 is 0 Å². The molecular formula is C17H25ClN2O. The fraction of sp³-hybridized carbons (Fsp3) is 0.588. The Morgan fingerprint density at radius 3 is 2.90 bits per heavy atom. The average Bonchev–Trinajstić information content (AvgIpc) is 3.07. The van der Waals surface area contributed by atoms with E-state index in [1.165, 1.54) is 17.5 Å². The second-order valence-electron chi connectivity index (χ2n) is 6.24. The average molecular weight is 309 g/mol. The highest BCUT2D eigenvalue weighted by Crippen LogP contribution is 2.48. The summed E-state index contributed by atoms with van der Waals surface area (Å²) in [5.74, 6) is 1.66. The van der Waals surface area contributed by atoms with Gasteiger partial charge < -0.3 is 10.6 Å². The van der Waals surface area contributed by atoms with Crippen molar-refractivity contribution >= 4 is 18.3 Å². The van der Waals surface area contributed by atoms with Crippen molar-refractivity contribution in [3.63, 3.8) is 0 Å². The van der Waals surface area contributed by atoms with Gasteiger partial charge in [-0.3, -0.25) is 4.79 Å². The number of aryl methyl sites for hydroxylation is 1. The van der Waals surface area contributed by atoms with Crippen LogP contribution >= 0.6 is 12.4 Å². The smallest absolute Gasteiger partial charge is 0.223 e. The molecular weight excluding hydrogens is 284 g/mol. The van der Waals surface area contributed by atoms with Crippen molar-refractivity contribution in [1.29, 1.82) is 0 Å². The van der Waals surface area contributed by atoms with Gasteiger partial charge in [0.1, 0.15) is 0 Å². The maximum Gasteiger partial charge on any atom is 0.223 e. The van der Waals surface area contributed by atoms with E-state index in [-0.39, 0.29) is 24.2 Å². The Hall–Kier alpha value is -1.06. The third-order valence-electron chi connectivity index (χ3n) is 4.73. The first-order chi connectivity index (χ1) is 9.75. The molecule has 0 bridgehead atoms. The fourth-order valence-electron chi connectivity index (χ4n) is 3.32. The molecule has 3 rings (SSSR count). The van der Waals surface area contributed by atoms with Gasteiger partial charge in [-0.15, -0.1) is 12.4 Å². The zero-order chi connectivity index (χ0) is 13.9. The zero-order valence-electron chi connectivity index (χ0n) is 12.6. The largest absolute Gasteiger partial charge is 0.356 e. The summed E-state index contributed by atoms with van der Waals surface area (Å²) in [6.07, 6.45) is 3.38. The first-order valence-electron chi connectivity index (χ1n) is 7.79. The number of carbonyl (C=O) groups is 1. The van der Waals surface area contributed by atoms with Gasteiger partial charge in [0.05, 0.1) is 0 Å². The van der Waals surface area contributed by atoms with Crippen molar-refractivity contribution in [2.75, 3.05) is 19.6 Å². The molecule has 116 valence electrons. The first kappa shape index (κ1) is 16.3. The van der Waals surface area contributed by atoms with Crippen LogP contribution < -0.4 is 10.6 Å². The fourth-order valence-corrected chi connectivity index (χ4v) is 3.32. The van der Waals surface area contributed by atoms with Crippen molar-refractivity contribution in [3.8, 4) is 0 Å². The Balaban J connectivity index is 0.00000161. The summed E-state index contributed by atoms with van der Waals surface area (Å²) >= 11 is 0. The molecule has 0 spiro atoms. The minimum atomic E-state index is 0. The van der Waals surface area contributed by atoms with Crippen molar-refractivity contribution < 1.29 is 4.79 Å². The summed E-state index contributed by atoms with van der Waals surface area (Å²) in [6, 6.07) is 8.43. The first-order valence-corrected chi connectivity index (χ1v) is 7.79. The number of hydrogen-bond donors (Lipinski definition) is 2. The Bertz CT molecular complexity index is 485. The van der Waals surface area contributed by atoms with Crippen LogP contribution in [0.4, 0.5) is 0 Å². The van der Waals surface area contributed by atoms with Crippen LogP contribution in [0.15, 0.2) is 24.3 Å². The van der Waals surface area contributed by atoms with Crippen LogP contribution in [0.1, 0.15) is 36.3 Å². The lowest BCUT2D eigenvalue weighted by Gasteiger charge is -2.09. The molecule has 1 aliphatic carbocycles. The maximum atomic E-state index is 12.1. The standard InChI is InChI=1S/C17H24N2O.ClH/c1-12-4-2-3-5-14(12)15-10-16(15)17(20)19-9-7-13-6-8-18-11-13;/h2-5,13,15-16,18H,6-11H2,1H3,(H,19,20);1H. The molecule has 21 heavy (non-hydrogen) atoms. The van der Waals surface area contributed by atoms with E-state index in [0.29, 0.717) is 5.92 Å². The molecule has 1 aromatic carbocycles. The van der Waals surface area contributed by atoms with Crippen molar-refractivity contribution in [2.24, 2.45) is 11.8 Å². The number of hydrogen-bond acceptors (Lipinski definition) is 2. The van der Waals surface area contributed by atoms with Crippen molar-refractivity contribution in [1.82, 2.24) is 10.6 Å². The van der Waals surface area contributed by atoms with Crippen LogP contribution in [0.25, 0.3) is 0 Å². The Morgan fingerprint density at radius 2 is 2.19 bits per heavy atom. The highest BCUT2D eigenvalue weighted by Gasteiger charge is 2.44. The van der Waals surface area contributed by atoms with Crippen LogP contribution in [0.3, 0.4) is 0 Å². The molecule has 0 radical (unpaired) electrons. The second kappa shape index (κ2) is 7.28. The molecule has 1 heterocycles. The lowest BCUT2D eigenvalue weighted by molar-refractivity contribution is -0.122. The van der Waals surface area contributed by atoms with Crippen molar-refractivity contribution in [3.05, 3.63) is 35.4 Å². The van der Waals surface area contributed by atoms with E-state index in [0.717, 1.165) is 38.4 Å². The predicted molar refractivity (Wildman–Crippen MR) is 87.9 cm³/mol. The molecule has 3 nitrogen and oxygen atoms in total. The molecule has 1 saturated carbocycles. The predicted octanol–water partition coefficient (Wildman–Crippen LogP) is 2.64. The molecule has 1 amide bonds.